The molecule has 106 valence electrons. The van der Waals surface area contributed by atoms with Gasteiger partial charge in [0, 0.05) is 23.8 Å². The molecule has 1 saturated carbocycles. The van der Waals surface area contributed by atoms with Crippen LogP contribution in [0.15, 0.2) is 35.0 Å². The van der Waals surface area contributed by atoms with Crippen LogP contribution >= 0.6 is 11.3 Å². The maximum atomic E-state index is 11.9. The van der Waals surface area contributed by atoms with E-state index in [2.05, 4.69) is 27.8 Å². The lowest BCUT2D eigenvalue weighted by molar-refractivity contribution is 0.101. The number of benzene rings is 1. The molecule has 0 aliphatic heterocycles. The molecule has 0 radical (unpaired) electrons. The Morgan fingerprint density at radius 2 is 2.24 bits per heavy atom. The lowest BCUT2D eigenvalue weighted by atomic mass is 10.0. The summed E-state index contributed by atoms with van der Waals surface area (Å²) in [6, 6.07) is 10.1. The van der Waals surface area contributed by atoms with E-state index in [9.17, 15) is 4.79 Å². The minimum Gasteiger partial charge on any atom is -0.364 e. The average Bonchev–Trinajstić information content (AvgIpc) is 3.20. The lowest BCUT2D eigenvalue weighted by Crippen LogP contribution is -2.26. The summed E-state index contributed by atoms with van der Waals surface area (Å²) in [5.41, 5.74) is 3.46. The first-order valence-electron chi connectivity index (χ1n) is 7.02. The number of hydrogen-bond acceptors (Lipinski definition) is 4. The zero-order valence-electron chi connectivity index (χ0n) is 11.9. The molecule has 1 fully saturated rings. The van der Waals surface area contributed by atoms with Crippen molar-refractivity contribution in [1.29, 1.82) is 5.26 Å². The number of carbonyl (C=O) groups excluding carboxylic acids is 1. The Labute approximate surface area is 128 Å². The van der Waals surface area contributed by atoms with Crippen LogP contribution in [0.4, 0.5) is 5.69 Å². The van der Waals surface area contributed by atoms with Crippen LogP contribution in [-0.4, -0.2) is 11.8 Å². The molecule has 0 N–H and O–H groups in total. The predicted molar refractivity (Wildman–Crippen MR) is 84.7 cm³/mol. The maximum Gasteiger partial charge on any atom is 0.161 e. The van der Waals surface area contributed by atoms with Crippen LogP contribution in [0.2, 0.25) is 0 Å². The molecular weight excluding hydrogens is 280 g/mol. The molecule has 1 aliphatic carbocycles. The number of rotatable bonds is 5. The first-order valence-corrected chi connectivity index (χ1v) is 7.96. The number of Topliss-reactive ketones (excluding diaryl/α,β-unsaturated/α-hetero) is 1. The van der Waals surface area contributed by atoms with Crippen LogP contribution in [0.1, 0.15) is 41.3 Å². The van der Waals surface area contributed by atoms with Crippen molar-refractivity contribution in [3.05, 3.63) is 51.7 Å². The van der Waals surface area contributed by atoms with Gasteiger partial charge in [-0.05, 0) is 60.4 Å². The molecule has 1 heterocycles. The van der Waals surface area contributed by atoms with E-state index >= 15 is 0 Å². The Bertz CT molecular complexity index is 696. The molecule has 0 amide bonds. The minimum absolute atomic E-state index is 0.0467. The smallest absolute Gasteiger partial charge is 0.161 e. The number of hydrogen-bond donors (Lipinski definition) is 0. The highest BCUT2D eigenvalue weighted by molar-refractivity contribution is 7.07. The molecule has 4 heteroatoms. The van der Waals surface area contributed by atoms with Gasteiger partial charge in [-0.2, -0.15) is 16.6 Å². The van der Waals surface area contributed by atoms with E-state index in [1.807, 2.05) is 6.07 Å². The van der Waals surface area contributed by atoms with Crippen LogP contribution in [-0.2, 0) is 6.54 Å². The highest BCUT2D eigenvalue weighted by Crippen LogP contribution is 2.36. The minimum atomic E-state index is 0.0467. The first kappa shape index (κ1) is 13.8. The zero-order chi connectivity index (χ0) is 14.8. The largest absolute Gasteiger partial charge is 0.364 e. The topological polar surface area (TPSA) is 44.1 Å². The molecular formula is C17H16N2OS. The summed E-state index contributed by atoms with van der Waals surface area (Å²) in [6.45, 7) is 2.38. The Kier molecular flexibility index (Phi) is 3.76. The van der Waals surface area contributed by atoms with Gasteiger partial charge in [-0.3, -0.25) is 4.79 Å². The molecule has 0 atom stereocenters. The zero-order valence-corrected chi connectivity index (χ0v) is 12.7. The molecule has 1 aliphatic rings. The fourth-order valence-corrected chi connectivity index (χ4v) is 3.17. The third-order valence-electron chi connectivity index (χ3n) is 3.74. The van der Waals surface area contributed by atoms with Crippen LogP contribution < -0.4 is 4.90 Å². The lowest BCUT2D eigenvalue weighted by Gasteiger charge is -2.26. The second-order valence-electron chi connectivity index (χ2n) is 5.39. The highest BCUT2D eigenvalue weighted by atomic mass is 32.1. The van der Waals surface area contributed by atoms with Crippen molar-refractivity contribution in [1.82, 2.24) is 0 Å². The number of nitriles is 1. The van der Waals surface area contributed by atoms with E-state index in [1.165, 1.54) is 5.56 Å². The Balaban J connectivity index is 2.01. The van der Waals surface area contributed by atoms with Gasteiger partial charge in [0.25, 0.3) is 0 Å². The molecule has 0 spiro atoms. The second-order valence-corrected chi connectivity index (χ2v) is 6.17. The highest BCUT2D eigenvalue weighted by Gasteiger charge is 2.31. The molecule has 3 nitrogen and oxygen atoms in total. The van der Waals surface area contributed by atoms with Crippen molar-refractivity contribution in [3.8, 4) is 6.07 Å². The van der Waals surface area contributed by atoms with Crippen LogP contribution in [0.25, 0.3) is 0 Å². The molecule has 1 aromatic carbocycles. The van der Waals surface area contributed by atoms with Gasteiger partial charge in [0.1, 0.15) is 0 Å². The number of anilines is 1. The number of thiophene rings is 1. The van der Waals surface area contributed by atoms with Crippen LogP contribution in [0.5, 0.6) is 0 Å². The van der Waals surface area contributed by atoms with Crippen molar-refractivity contribution in [2.24, 2.45) is 0 Å². The van der Waals surface area contributed by atoms with E-state index in [0.29, 0.717) is 17.2 Å². The van der Waals surface area contributed by atoms with Gasteiger partial charge in [0.2, 0.25) is 0 Å². The van der Waals surface area contributed by atoms with Crippen molar-refractivity contribution in [2.75, 3.05) is 4.90 Å². The van der Waals surface area contributed by atoms with Gasteiger partial charge < -0.3 is 4.90 Å². The summed E-state index contributed by atoms with van der Waals surface area (Å²) in [4.78, 5) is 14.2. The summed E-state index contributed by atoms with van der Waals surface area (Å²) in [5.74, 6) is 0.0467. The third kappa shape index (κ3) is 2.98. The van der Waals surface area contributed by atoms with E-state index in [1.54, 1.807) is 30.4 Å². The van der Waals surface area contributed by atoms with E-state index in [4.69, 9.17) is 5.26 Å². The van der Waals surface area contributed by atoms with Crippen molar-refractivity contribution in [3.63, 3.8) is 0 Å². The van der Waals surface area contributed by atoms with Gasteiger partial charge in [-0.15, -0.1) is 0 Å². The van der Waals surface area contributed by atoms with Crippen LogP contribution in [0.3, 0.4) is 0 Å². The SMILES string of the molecule is CC(=O)c1ccc(C#N)cc1N(Cc1ccsc1)C1CC1. The quantitative estimate of drug-likeness (QED) is 0.784. The fraction of sp³-hybridized carbons (Fsp3) is 0.294. The van der Waals surface area contributed by atoms with Gasteiger partial charge >= 0.3 is 0 Å². The summed E-state index contributed by atoms with van der Waals surface area (Å²) >= 11 is 1.68. The first-order chi connectivity index (χ1) is 10.2. The second kappa shape index (κ2) is 5.71. The fourth-order valence-electron chi connectivity index (χ4n) is 2.51. The third-order valence-corrected chi connectivity index (χ3v) is 4.47. The normalized spacial score (nSPS) is 13.7. The maximum absolute atomic E-state index is 11.9. The van der Waals surface area contributed by atoms with Crippen molar-refractivity contribution < 1.29 is 4.79 Å². The Morgan fingerprint density at radius 3 is 2.81 bits per heavy atom. The predicted octanol–water partition coefficient (Wildman–Crippen LogP) is 3.99. The van der Waals surface area contributed by atoms with Crippen molar-refractivity contribution in [2.45, 2.75) is 32.4 Å². The van der Waals surface area contributed by atoms with Gasteiger partial charge in [0.05, 0.1) is 11.6 Å². The molecule has 1 aromatic heterocycles. The van der Waals surface area contributed by atoms with Gasteiger partial charge in [0.15, 0.2) is 5.78 Å². The van der Waals surface area contributed by atoms with E-state index in [0.717, 1.165) is 25.1 Å². The molecule has 0 saturated heterocycles. The summed E-state index contributed by atoms with van der Waals surface area (Å²) < 4.78 is 0. The van der Waals surface area contributed by atoms with E-state index < -0.39 is 0 Å². The number of ketones is 1. The molecule has 21 heavy (non-hydrogen) atoms. The monoisotopic (exact) mass is 296 g/mol. The average molecular weight is 296 g/mol. The Hall–Kier alpha value is -2.12. The summed E-state index contributed by atoms with van der Waals surface area (Å²) in [5, 5.41) is 13.3. The number of nitrogens with zero attached hydrogens (tertiary/aromatic N) is 2. The van der Waals surface area contributed by atoms with Gasteiger partial charge in [-0.1, -0.05) is 0 Å². The standard InChI is InChI=1S/C17H16N2OS/c1-12(20)16-5-2-13(9-18)8-17(16)19(15-3-4-15)10-14-6-7-21-11-14/h2,5-8,11,15H,3-4,10H2,1H3. The van der Waals surface area contributed by atoms with Crippen molar-refractivity contribution >= 4 is 22.8 Å². The molecule has 2 aromatic rings. The molecule has 0 bridgehead atoms. The number of carbonyl (C=O) groups is 1. The Morgan fingerprint density at radius 1 is 1.43 bits per heavy atom. The summed E-state index contributed by atoms with van der Waals surface area (Å²) in [7, 11) is 0. The van der Waals surface area contributed by atoms with Crippen LogP contribution in [0, 0.1) is 11.3 Å². The molecule has 0 unspecified atom stereocenters. The molecule has 3 rings (SSSR count). The van der Waals surface area contributed by atoms with E-state index in [-0.39, 0.29) is 5.78 Å². The van der Waals surface area contributed by atoms with Gasteiger partial charge in [-0.25, -0.2) is 0 Å². The summed E-state index contributed by atoms with van der Waals surface area (Å²) in [6.07, 6.45) is 2.30.